The van der Waals surface area contributed by atoms with Gasteiger partial charge in [0.05, 0.1) is 0 Å². The number of nitrogens with two attached hydrogens (primary N) is 1. The molecule has 0 atom stereocenters. The summed E-state index contributed by atoms with van der Waals surface area (Å²) in [4.78, 5) is 2.87. The lowest BCUT2D eigenvalue weighted by molar-refractivity contribution is 0.00540. The maximum Gasteiger partial charge on any atom is 0.0335 e. The molecular weight excluding hydrogens is 256 g/mol. The quantitative estimate of drug-likeness (QED) is 0.789. The van der Waals surface area contributed by atoms with Crippen LogP contribution in [0.5, 0.6) is 0 Å². The van der Waals surface area contributed by atoms with Crippen LogP contribution in [0.1, 0.15) is 84.5 Å². The summed E-state index contributed by atoms with van der Waals surface area (Å²) in [6.45, 7) is 6.88. The third-order valence-corrected chi connectivity index (χ3v) is 6.83. The summed E-state index contributed by atoms with van der Waals surface area (Å²) in [6.07, 6.45) is 15.8. The van der Waals surface area contributed by atoms with Gasteiger partial charge in [-0.25, -0.2) is 0 Å². The molecule has 2 N–H and O–H groups in total. The number of rotatable bonds is 6. The van der Waals surface area contributed by atoms with E-state index in [1.807, 2.05) is 0 Å². The molecule has 3 saturated carbocycles. The minimum Gasteiger partial charge on any atom is -0.329 e. The molecule has 0 bridgehead atoms. The third kappa shape index (κ3) is 3.32. The van der Waals surface area contributed by atoms with E-state index in [9.17, 15) is 0 Å². The average Bonchev–Trinajstić information content (AvgIpc) is 3.21. The summed E-state index contributed by atoms with van der Waals surface area (Å²) in [5.74, 6) is 0.811. The summed E-state index contributed by atoms with van der Waals surface area (Å²) in [5, 5.41) is 0. The predicted octanol–water partition coefficient (Wildman–Crippen LogP) is 4.33. The first-order valence-corrected chi connectivity index (χ1v) is 9.56. The molecule has 3 aliphatic carbocycles. The number of hydrogen-bond donors (Lipinski definition) is 1. The lowest BCUT2D eigenvalue weighted by Gasteiger charge is -2.51. The lowest BCUT2D eigenvalue weighted by Crippen LogP contribution is -2.58. The smallest absolute Gasteiger partial charge is 0.0335 e. The van der Waals surface area contributed by atoms with E-state index in [4.69, 9.17) is 5.73 Å². The number of nitrogens with zero attached hydrogens (tertiary/aromatic N) is 1. The van der Waals surface area contributed by atoms with Crippen LogP contribution in [-0.2, 0) is 0 Å². The Bertz CT molecular complexity index is 329. The molecule has 1 spiro atoms. The summed E-state index contributed by atoms with van der Waals surface area (Å²) in [5.41, 5.74) is 7.44. The van der Waals surface area contributed by atoms with Crippen LogP contribution < -0.4 is 5.73 Å². The summed E-state index contributed by atoms with van der Waals surface area (Å²) >= 11 is 0. The van der Waals surface area contributed by atoms with E-state index in [-0.39, 0.29) is 0 Å². The van der Waals surface area contributed by atoms with Crippen molar-refractivity contribution >= 4 is 0 Å². The van der Waals surface area contributed by atoms with E-state index < -0.39 is 0 Å². The van der Waals surface area contributed by atoms with Gasteiger partial charge in [-0.1, -0.05) is 26.7 Å². The van der Waals surface area contributed by atoms with Crippen molar-refractivity contribution < 1.29 is 0 Å². The minimum absolute atomic E-state index is 0.351. The Morgan fingerprint density at radius 1 is 1.00 bits per heavy atom. The summed E-state index contributed by atoms with van der Waals surface area (Å²) in [6, 6.07) is 0.866. The van der Waals surface area contributed by atoms with E-state index in [0.717, 1.165) is 23.9 Å². The SMILES string of the molecule is CC(C)CCN(C1CC1)C1(CN)CCC2(CCCC2)CC1. The largest absolute Gasteiger partial charge is 0.329 e. The van der Waals surface area contributed by atoms with Crippen LogP contribution in [0.3, 0.4) is 0 Å². The molecule has 0 unspecified atom stereocenters. The molecule has 0 aliphatic heterocycles. The molecule has 0 saturated heterocycles. The second-order valence-corrected chi connectivity index (χ2v) is 8.74. The fourth-order valence-electron chi connectivity index (χ4n) is 5.07. The van der Waals surface area contributed by atoms with Gasteiger partial charge in [-0.05, 0) is 75.7 Å². The molecule has 0 heterocycles. The average molecular weight is 293 g/mol. The second-order valence-electron chi connectivity index (χ2n) is 8.74. The van der Waals surface area contributed by atoms with Crippen molar-refractivity contribution in [3.05, 3.63) is 0 Å². The molecule has 0 amide bonds. The Kier molecular flexibility index (Phi) is 4.66. The zero-order valence-corrected chi connectivity index (χ0v) is 14.4. The Labute approximate surface area is 131 Å². The first-order valence-electron chi connectivity index (χ1n) is 9.56. The summed E-state index contributed by atoms with van der Waals surface area (Å²) in [7, 11) is 0. The maximum atomic E-state index is 6.36. The molecule has 0 aromatic rings. The van der Waals surface area contributed by atoms with Gasteiger partial charge in [0.2, 0.25) is 0 Å². The molecule has 2 nitrogen and oxygen atoms in total. The van der Waals surface area contributed by atoms with Gasteiger partial charge in [0, 0.05) is 18.1 Å². The minimum atomic E-state index is 0.351. The Morgan fingerprint density at radius 3 is 2.10 bits per heavy atom. The highest BCUT2D eigenvalue weighted by Crippen LogP contribution is 2.53. The fraction of sp³-hybridized carbons (Fsp3) is 1.00. The molecule has 0 aromatic carbocycles. The van der Waals surface area contributed by atoms with Crippen molar-refractivity contribution in [3.8, 4) is 0 Å². The molecule has 21 heavy (non-hydrogen) atoms. The van der Waals surface area contributed by atoms with Gasteiger partial charge in [-0.3, -0.25) is 4.90 Å². The fourth-order valence-corrected chi connectivity index (χ4v) is 5.07. The van der Waals surface area contributed by atoms with E-state index in [2.05, 4.69) is 18.7 Å². The highest BCUT2D eigenvalue weighted by molar-refractivity contribution is 5.05. The van der Waals surface area contributed by atoms with Gasteiger partial charge in [0.1, 0.15) is 0 Å². The second kappa shape index (κ2) is 6.20. The van der Waals surface area contributed by atoms with Crippen molar-refractivity contribution in [3.63, 3.8) is 0 Å². The highest BCUT2D eigenvalue weighted by atomic mass is 15.3. The van der Waals surface area contributed by atoms with Crippen LogP contribution in [0.2, 0.25) is 0 Å². The van der Waals surface area contributed by atoms with Gasteiger partial charge >= 0.3 is 0 Å². The van der Waals surface area contributed by atoms with Crippen molar-refractivity contribution in [1.82, 2.24) is 4.90 Å². The molecule has 3 rings (SSSR count). The predicted molar refractivity (Wildman–Crippen MR) is 90.3 cm³/mol. The van der Waals surface area contributed by atoms with E-state index in [0.29, 0.717) is 5.54 Å². The van der Waals surface area contributed by atoms with Crippen LogP contribution >= 0.6 is 0 Å². The van der Waals surface area contributed by atoms with Crippen LogP contribution in [0.25, 0.3) is 0 Å². The van der Waals surface area contributed by atoms with Crippen LogP contribution in [0.15, 0.2) is 0 Å². The van der Waals surface area contributed by atoms with Gasteiger partial charge < -0.3 is 5.73 Å². The van der Waals surface area contributed by atoms with Crippen LogP contribution in [0.4, 0.5) is 0 Å². The zero-order chi connectivity index (χ0) is 14.9. The molecule has 3 aliphatic rings. The van der Waals surface area contributed by atoms with Gasteiger partial charge in [-0.15, -0.1) is 0 Å². The lowest BCUT2D eigenvalue weighted by atomic mass is 9.65. The first kappa shape index (κ1) is 15.8. The van der Waals surface area contributed by atoms with Gasteiger partial charge in [-0.2, -0.15) is 0 Å². The van der Waals surface area contributed by atoms with Gasteiger partial charge in [0.15, 0.2) is 0 Å². The Hall–Kier alpha value is -0.0800. The highest BCUT2D eigenvalue weighted by Gasteiger charge is 2.49. The van der Waals surface area contributed by atoms with Crippen LogP contribution in [0, 0.1) is 11.3 Å². The summed E-state index contributed by atoms with van der Waals surface area (Å²) < 4.78 is 0. The first-order chi connectivity index (χ1) is 10.1. The zero-order valence-electron chi connectivity index (χ0n) is 14.4. The Morgan fingerprint density at radius 2 is 1.62 bits per heavy atom. The van der Waals surface area contributed by atoms with Crippen LogP contribution in [-0.4, -0.2) is 29.6 Å². The molecule has 122 valence electrons. The maximum absolute atomic E-state index is 6.36. The van der Waals surface area contributed by atoms with Gasteiger partial charge in [0.25, 0.3) is 0 Å². The van der Waals surface area contributed by atoms with Crippen molar-refractivity contribution in [2.45, 2.75) is 96.1 Å². The van der Waals surface area contributed by atoms with Crippen molar-refractivity contribution in [2.24, 2.45) is 17.1 Å². The number of hydrogen-bond acceptors (Lipinski definition) is 2. The molecule has 0 aromatic heterocycles. The van der Waals surface area contributed by atoms with Crippen molar-refractivity contribution in [2.75, 3.05) is 13.1 Å². The van der Waals surface area contributed by atoms with E-state index in [1.165, 1.54) is 77.2 Å². The monoisotopic (exact) mass is 292 g/mol. The molecular formula is C19H36N2. The topological polar surface area (TPSA) is 29.3 Å². The van der Waals surface area contributed by atoms with E-state index in [1.54, 1.807) is 0 Å². The standard InChI is InChI=1S/C19H36N2/c1-16(2)7-14-21(17-5-6-17)19(15-20)12-10-18(11-13-19)8-3-4-9-18/h16-17H,3-15,20H2,1-2H3. The van der Waals surface area contributed by atoms with Crippen molar-refractivity contribution in [1.29, 1.82) is 0 Å². The molecule has 2 heteroatoms. The third-order valence-electron chi connectivity index (χ3n) is 6.83. The molecule has 0 radical (unpaired) electrons. The van der Waals surface area contributed by atoms with E-state index >= 15 is 0 Å². The normalized spacial score (nSPS) is 27.9. The molecule has 3 fully saturated rings. The Balaban J connectivity index is 1.67.